The lowest BCUT2D eigenvalue weighted by atomic mass is 10.3. The van der Waals surface area contributed by atoms with Crippen molar-refractivity contribution >= 4 is 5.69 Å². The standard InChI is InChI=1S/C11H15F2NO/c1-15-8-7-14(6-5-12)11-4-2-3-10(13)9-11/h2-4,9H,5-8H2,1H3. The predicted octanol–water partition coefficient (Wildman–Crippen LogP) is 2.25. The SMILES string of the molecule is COCCN(CCF)c1cccc(F)c1. The van der Waals surface area contributed by atoms with Crippen molar-refractivity contribution in [2.75, 3.05) is 38.4 Å². The van der Waals surface area contributed by atoms with E-state index in [9.17, 15) is 8.78 Å². The lowest BCUT2D eigenvalue weighted by molar-refractivity contribution is 0.204. The fraction of sp³-hybridized carbons (Fsp3) is 0.455. The average Bonchev–Trinajstić information content (AvgIpc) is 2.24. The smallest absolute Gasteiger partial charge is 0.125 e. The van der Waals surface area contributed by atoms with Crippen LogP contribution in [-0.4, -0.2) is 33.5 Å². The Balaban J connectivity index is 2.69. The Labute approximate surface area is 88.5 Å². The molecule has 0 atom stereocenters. The molecule has 4 heteroatoms. The average molecular weight is 215 g/mol. The molecule has 0 aliphatic rings. The molecule has 1 rings (SSSR count). The molecule has 0 spiro atoms. The number of anilines is 1. The van der Waals surface area contributed by atoms with Crippen molar-refractivity contribution in [3.05, 3.63) is 30.1 Å². The molecule has 0 fully saturated rings. The molecule has 15 heavy (non-hydrogen) atoms. The molecule has 0 aliphatic carbocycles. The third-order valence-electron chi connectivity index (χ3n) is 2.09. The summed E-state index contributed by atoms with van der Waals surface area (Å²) in [4.78, 5) is 1.76. The number of alkyl halides is 1. The van der Waals surface area contributed by atoms with Gasteiger partial charge in [0.1, 0.15) is 12.5 Å². The molecule has 2 nitrogen and oxygen atoms in total. The molecule has 1 aromatic rings. The molecule has 0 saturated heterocycles. The molecule has 0 aromatic heterocycles. The van der Waals surface area contributed by atoms with Crippen LogP contribution in [0.25, 0.3) is 0 Å². The number of benzene rings is 1. The summed E-state index contributed by atoms with van der Waals surface area (Å²) in [5.74, 6) is -0.311. The second-order valence-corrected chi connectivity index (χ2v) is 3.15. The van der Waals surface area contributed by atoms with Crippen LogP contribution < -0.4 is 4.90 Å². The van der Waals surface area contributed by atoms with Crippen LogP contribution in [0.3, 0.4) is 0 Å². The summed E-state index contributed by atoms with van der Waals surface area (Å²) in [6.07, 6.45) is 0. The molecule has 0 saturated carbocycles. The van der Waals surface area contributed by atoms with Crippen LogP contribution in [0.2, 0.25) is 0 Å². The Morgan fingerprint density at radius 3 is 2.73 bits per heavy atom. The maximum Gasteiger partial charge on any atom is 0.125 e. The fourth-order valence-corrected chi connectivity index (χ4v) is 1.35. The van der Waals surface area contributed by atoms with Gasteiger partial charge in [0.15, 0.2) is 0 Å². The Morgan fingerprint density at radius 1 is 1.33 bits per heavy atom. The summed E-state index contributed by atoms with van der Waals surface area (Å²) < 4.78 is 30.1. The molecule has 0 aliphatic heterocycles. The zero-order valence-electron chi connectivity index (χ0n) is 8.75. The molecule has 0 bridgehead atoms. The van der Waals surface area contributed by atoms with Gasteiger partial charge in [-0.25, -0.2) is 8.78 Å². The molecule has 1 aromatic carbocycles. The minimum Gasteiger partial charge on any atom is -0.383 e. The van der Waals surface area contributed by atoms with Gasteiger partial charge in [-0.1, -0.05) is 6.07 Å². The molecular formula is C11H15F2NO. The van der Waals surface area contributed by atoms with E-state index in [0.29, 0.717) is 18.8 Å². The van der Waals surface area contributed by atoms with Crippen LogP contribution in [0.15, 0.2) is 24.3 Å². The van der Waals surface area contributed by atoms with Crippen molar-refractivity contribution in [3.8, 4) is 0 Å². The van der Waals surface area contributed by atoms with E-state index in [1.54, 1.807) is 24.1 Å². The van der Waals surface area contributed by atoms with E-state index in [-0.39, 0.29) is 12.4 Å². The highest BCUT2D eigenvalue weighted by Gasteiger charge is 2.06. The Kier molecular flexibility index (Phi) is 5.04. The van der Waals surface area contributed by atoms with E-state index in [1.807, 2.05) is 0 Å². The molecule has 0 unspecified atom stereocenters. The van der Waals surface area contributed by atoms with E-state index in [1.165, 1.54) is 12.1 Å². The zero-order chi connectivity index (χ0) is 11.1. The number of methoxy groups -OCH3 is 1. The number of ether oxygens (including phenoxy) is 1. The maximum atomic E-state index is 12.9. The quantitative estimate of drug-likeness (QED) is 0.721. The van der Waals surface area contributed by atoms with Crippen LogP contribution in [0.4, 0.5) is 14.5 Å². The van der Waals surface area contributed by atoms with Gasteiger partial charge in [-0.2, -0.15) is 0 Å². The number of halogens is 2. The minimum atomic E-state index is -0.458. The van der Waals surface area contributed by atoms with E-state index in [0.717, 1.165) is 0 Å². The Hall–Kier alpha value is -1.16. The second-order valence-electron chi connectivity index (χ2n) is 3.15. The fourth-order valence-electron chi connectivity index (χ4n) is 1.35. The van der Waals surface area contributed by atoms with E-state index >= 15 is 0 Å². The third-order valence-corrected chi connectivity index (χ3v) is 2.09. The van der Waals surface area contributed by atoms with Gasteiger partial charge in [-0.05, 0) is 18.2 Å². The first-order valence-electron chi connectivity index (χ1n) is 4.83. The number of rotatable bonds is 6. The van der Waals surface area contributed by atoms with Crippen molar-refractivity contribution in [2.45, 2.75) is 0 Å². The summed E-state index contributed by atoms with van der Waals surface area (Å²) in [5.41, 5.74) is 0.685. The lowest BCUT2D eigenvalue weighted by Crippen LogP contribution is -2.29. The number of nitrogens with zero attached hydrogens (tertiary/aromatic N) is 1. The summed E-state index contributed by atoms with van der Waals surface area (Å²) in [5, 5.41) is 0. The minimum absolute atomic E-state index is 0.257. The predicted molar refractivity (Wildman–Crippen MR) is 56.5 cm³/mol. The monoisotopic (exact) mass is 215 g/mol. The molecule has 0 N–H and O–H groups in total. The molecule has 0 heterocycles. The van der Waals surface area contributed by atoms with Gasteiger partial charge >= 0.3 is 0 Å². The molecule has 84 valence electrons. The van der Waals surface area contributed by atoms with Crippen molar-refractivity contribution in [1.82, 2.24) is 0 Å². The van der Waals surface area contributed by atoms with Gasteiger partial charge < -0.3 is 9.64 Å². The summed E-state index contributed by atoms with van der Waals surface area (Å²) in [6, 6.07) is 6.13. The van der Waals surface area contributed by atoms with Crippen LogP contribution >= 0.6 is 0 Å². The first-order chi connectivity index (χ1) is 7.27. The van der Waals surface area contributed by atoms with Crippen LogP contribution in [0.5, 0.6) is 0 Å². The van der Waals surface area contributed by atoms with E-state index < -0.39 is 6.67 Å². The topological polar surface area (TPSA) is 12.5 Å². The van der Waals surface area contributed by atoms with Gasteiger partial charge in [0.25, 0.3) is 0 Å². The Morgan fingerprint density at radius 2 is 2.13 bits per heavy atom. The summed E-state index contributed by atoms with van der Waals surface area (Å²) in [7, 11) is 1.58. The largest absolute Gasteiger partial charge is 0.383 e. The maximum absolute atomic E-state index is 12.9. The number of hydrogen-bond donors (Lipinski definition) is 0. The van der Waals surface area contributed by atoms with Crippen molar-refractivity contribution in [2.24, 2.45) is 0 Å². The van der Waals surface area contributed by atoms with Crippen LogP contribution in [0, 0.1) is 5.82 Å². The molecule has 0 amide bonds. The first-order valence-corrected chi connectivity index (χ1v) is 4.83. The lowest BCUT2D eigenvalue weighted by Gasteiger charge is -2.23. The highest BCUT2D eigenvalue weighted by Crippen LogP contribution is 2.14. The van der Waals surface area contributed by atoms with Crippen molar-refractivity contribution < 1.29 is 13.5 Å². The second kappa shape index (κ2) is 6.35. The van der Waals surface area contributed by atoms with Gasteiger partial charge in [-0.3, -0.25) is 0 Å². The Bertz CT molecular complexity index is 294. The van der Waals surface area contributed by atoms with Gasteiger partial charge in [0, 0.05) is 25.9 Å². The first kappa shape index (κ1) is 11.9. The normalized spacial score (nSPS) is 10.3. The van der Waals surface area contributed by atoms with Crippen molar-refractivity contribution in [1.29, 1.82) is 0 Å². The highest BCUT2D eigenvalue weighted by atomic mass is 19.1. The van der Waals surface area contributed by atoms with Crippen molar-refractivity contribution in [3.63, 3.8) is 0 Å². The van der Waals surface area contributed by atoms with Gasteiger partial charge in [0.2, 0.25) is 0 Å². The van der Waals surface area contributed by atoms with E-state index in [2.05, 4.69) is 0 Å². The summed E-state index contributed by atoms with van der Waals surface area (Å²) in [6.45, 7) is 0.855. The summed E-state index contributed by atoms with van der Waals surface area (Å²) >= 11 is 0. The number of hydrogen-bond acceptors (Lipinski definition) is 2. The highest BCUT2D eigenvalue weighted by molar-refractivity contribution is 5.46. The van der Waals surface area contributed by atoms with Gasteiger partial charge in [0.05, 0.1) is 6.61 Å². The van der Waals surface area contributed by atoms with Crippen LogP contribution in [-0.2, 0) is 4.74 Å². The molecular weight excluding hydrogens is 200 g/mol. The molecule has 0 radical (unpaired) electrons. The zero-order valence-corrected chi connectivity index (χ0v) is 8.75. The van der Waals surface area contributed by atoms with Crippen LogP contribution in [0.1, 0.15) is 0 Å². The third kappa shape index (κ3) is 3.83. The van der Waals surface area contributed by atoms with Gasteiger partial charge in [-0.15, -0.1) is 0 Å². The van der Waals surface area contributed by atoms with E-state index in [4.69, 9.17) is 4.74 Å².